The second-order valence-corrected chi connectivity index (χ2v) is 17.0. The van der Waals surface area contributed by atoms with Gasteiger partial charge in [-0.3, -0.25) is 0 Å². The van der Waals surface area contributed by atoms with Gasteiger partial charge in [-0.15, -0.1) is 0 Å². The molecule has 1 aliphatic carbocycles. The van der Waals surface area contributed by atoms with Crippen LogP contribution in [0.4, 0.5) is 34.1 Å². The molecule has 0 amide bonds. The van der Waals surface area contributed by atoms with E-state index in [2.05, 4.69) is 232 Å². The zero-order chi connectivity index (χ0) is 39.2. The predicted octanol–water partition coefficient (Wildman–Crippen LogP) is 15.5. The molecule has 0 N–H and O–H groups in total. The van der Waals surface area contributed by atoms with Gasteiger partial charge in [0.1, 0.15) is 0 Å². The minimum Gasteiger partial charge on any atom is -0.310 e. The molecule has 278 valence electrons. The second kappa shape index (κ2) is 12.8. The van der Waals surface area contributed by atoms with E-state index in [1.807, 2.05) is 0 Å². The number of nitrogens with zero attached hydrogens (tertiary/aromatic N) is 2. The van der Waals surface area contributed by atoms with Crippen molar-refractivity contribution in [1.29, 1.82) is 0 Å². The van der Waals surface area contributed by atoms with Crippen LogP contribution in [-0.2, 0) is 10.8 Å². The fourth-order valence-electron chi connectivity index (χ4n) is 10.0. The minimum absolute atomic E-state index is 0.104. The Morgan fingerprint density at radius 2 is 0.931 bits per heavy atom. The normalized spacial score (nSPS) is 14.4. The topological polar surface area (TPSA) is 6.48 Å². The summed E-state index contributed by atoms with van der Waals surface area (Å²) in [7, 11) is 0. The summed E-state index contributed by atoms with van der Waals surface area (Å²) in [5.74, 6) is 0. The molecule has 0 fully saturated rings. The molecule has 0 saturated heterocycles. The first-order chi connectivity index (χ1) is 28.3. The van der Waals surface area contributed by atoms with Crippen molar-refractivity contribution in [3.8, 4) is 22.3 Å². The van der Waals surface area contributed by atoms with Crippen LogP contribution < -0.4 is 9.80 Å². The summed E-state index contributed by atoms with van der Waals surface area (Å²) in [6.07, 6.45) is 0. The highest BCUT2D eigenvalue weighted by molar-refractivity contribution is 6.08. The Kier molecular flexibility index (Phi) is 7.59. The maximum absolute atomic E-state index is 2.55. The van der Waals surface area contributed by atoms with E-state index >= 15 is 0 Å². The van der Waals surface area contributed by atoms with Crippen molar-refractivity contribution >= 4 is 55.7 Å². The zero-order valence-electron chi connectivity index (χ0n) is 33.4. The third-order valence-corrected chi connectivity index (χ3v) is 13.0. The molecule has 0 radical (unpaired) electrons. The molecule has 0 bridgehead atoms. The van der Waals surface area contributed by atoms with E-state index in [4.69, 9.17) is 0 Å². The molecule has 0 unspecified atom stereocenters. The van der Waals surface area contributed by atoms with Crippen LogP contribution >= 0.6 is 0 Å². The maximum Gasteiger partial charge on any atom is 0.0618 e. The van der Waals surface area contributed by atoms with E-state index < -0.39 is 0 Å². The highest BCUT2D eigenvalue weighted by Gasteiger charge is 2.39. The lowest BCUT2D eigenvalue weighted by atomic mass is 9.73. The van der Waals surface area contributed by atoms with Gasteiger partial charge in [0.25, 0.3) is 0 Å². The molecule has 58 heavy (non-hydrogen) atoms. The molecule has 9 aromatic rings. The molecule has 0 spiro atoms. The SMILES string of the molecule is CC1(C)c2ccccc2-c2ccc(N(c3ccccc3)c3ccc4c(c3)C(C)(C)c3ccccc3N4c3c(-c4ccc5ccccc5c4)ccc4ccccc34)cc21. The lowest BCUT2D eigenvalue weighted by Gasteiger charge is -2.43. The Labute approximate surface area is 341 Å². The van der Waals surface area contributed by atoms with Crippen molar-refractivity contribution in [2.75, 3.05) is 9.80 Å². The average molecular weight is 745 g/mol. The zero-order valence-corrected chi connectivity index (χ0v) is 33.4. The van der Waals surface area contributed by atoms with Crippen LogP contribution in [0.5, 0.6) is 0 Å². The van der Waals surface area contributed by atoms with Crippen molar-refractivity contribution in [2.24, 2.45) is 0 Å². The summed E-state index contributed by atoms with van der Waals surface area (Å²) in [6, 6.07) is 72.0. The molecule has 1 aliphatic heterocycles. The number of rotatable bonds is 5. The van der Waals surface area contributed by atoms with Gasteiger partial charge in [0.05, 0.1) is 17.1 Å². The van der Waals surface area contributed by atoms with Gasteiger partial charge in [-0.2, -0.15) is 0 Å². The Morgan fingerprint density at radius 1 is 0.362 bits per heavy atom. The van der Waals surface area contributed by atoms with Gasteiger partial charge >= 0.3 is 0 Å². The van der Waals surface area contributed by atoms with E-state index in [9.17, 15) is 0 Å². The van der Waals surface area contributed by atoms with Crippen LogP contribution in [0.2, 0.25) is 0 Å². The first-order valence-corrected chi connectivity index (χ1v) is 20.4. The molecule has 0 aromatic heterocycles. The van der Waals surface area contributed by atoms with E-state index in [1.165, 1.54) is 83.1 Å². The third-order valence-electron chi connectivity index (χ3n) is 13.0. The molecule has 0 atom stereocenters. The van der Waals surface area contributed by atoms with Crippen LogP contribution in [0.15, 0.2) is 194 Å². The Bertz CT molecular complexity index is 3080. The van der Waals surface area contributed by atoms with E-state index in [0.717, 1.165) is 17.1 Å². The molecule has 9 aromatic carbocycles. The van der Waals surface area contributed by atoms with Gasteiger partial charge in [0, 0.05) is 38.8 Å². The highest BCUT2D eigenvalue weighted by Crippen LogP contribution is 2.57. The van der Waals surface area contributed by atoms with Crippen LogP contribution in [0.25, 0.3) is 43.8 Å². The monoisotopic (exact) mass is 744 g/mol. The van der Waals surface area contributed by atoms with Crippen LogP contribution in [0.1, 0.15) is 49.9 Å². The summed E-state index contributed by atoms with van der Waals surface area (Å²) in [5.41, 5.74) is 17.1. The summed E-state index contributed by atoms with van der Waals surface area (Å²) in [4.78, 5) is 4.99. The summed E-state index contributed by atoms with van der Waals surface area (Å²) in [5, 5.41) is 4.94. The maximum atomic E-state index is 2.55. The molecule has 2 nitrogen and oxygen atoms in total. The number of fused-ring (bicyclic) bond motifs is 7. The quantitative estimate of drug-likeness (QED) is 0.173. The molecule has 1 heterocycles. The number of para-hydroxylation sites is 2. The fraction of sp³-hybridized carbons (Fsp3) is 0.107. The van der Waals surface area contributed by atoms with Gasteiger partial charge in [-0.1, -0.05) is 167 Å². The van der Waals surface area contributed by atoms with Gasteiger partial charge < -0.3 is 9.80 Å². The van der Waals surface area contributed by atoms with Gasteiger partial charge in [-0.05, 0) is 110 Å². The van der Waals surface area contributed by atoms with Crippen molar-refractivity contribution < 1.29 is 0 Å². The Morgan fingerprint density at radius 3 is 1.76 bits per heavy atom. The fourth-order valence-corrected chi connectivity index (χ4v) is 10.0. The Balaban J connectivity index is 1.14. The van der Waals surface area contributed by atoms with E-state index in [-0.39, 0.29) is 10.8 Å². The van der Waals surface area contributed by atoms with E-state index in [0.29, 0.717) is 0 Å². The number of benzene rings is 9. The van der Waals surface area contributed by atoms with Crippen LogP contribution in [0, 0.1) is 0 Å². The number of hydrogen-bond acceptors (Lipinski definition) is 2. The molecular formula is C56H44N2. The highest BCUT2D eigenvalue weighted by atomic mass is 15.2. The average Bonchev–Trinajstić information content (AvgIpc) is 3.49. The molecular weight excluding hydrogens is 701 g/mol. The van der Waals surface area contributed by atoms with Crippen LogP contribution in [-0.4, -0.2) is 0 Å². The van der Waals surface area contributed by atoms with Gasteiger partial charge in [0.15, 0.2) is 0 Å². The number of hydrogen-bond donors (Lipinski definition) is 0. The van der Waals surface area contributed by atoms with Crippen molar-refractivity contribution in [1.82, 2.24) is 0 Å². The minimum atomic E-state index is -0.282. The predicted molar refractivity (Wildman–Crippen MR) is 246 cm³/mol. The van der Waals surface area contributed by atoms with Gasteiger partial charge in [0.2, 0.25) is 0 Å². The largest absolute Gasteiger partial charge is 0.310 e. The van der Waals surface area contributed by atoms with Crippen LogP contribution in [0.3, 0.4) is 0 Å². The number of anilines is 6. The Hall–Kier alpha value is -6.90. The summed E-state index contributed by atoms with van der Waals surface area (Å²) in [6.45, 7) is 9.50. The molecule has 2 aliphatic rings. The second-order valence-electron chi connectivity index (χ2n) is 17.0. The smallest absolute Gasteiger partial charge is 0.0618 e. The summed E-state index contributed by atoms with van der Waals surface area (Å²) >= 11 is 0. The van der Waals surface area contributed by atoms with E-state index in [1.54, 1.807) is 0 Å². The van der Waals surface area contributed by atoms with Gasteiger partial charge in [-0.25, -0.2) is 0 Å². The molecule has 2 heteroatoms. The van der Waals surface area contributed by atoms with Crippen molar-refractivity contribution in [3.63, 3.8) is 0 Å². The lowest BCUT2D eigenvalue weighted by molar-refractivity contribution is 0.632. The molecule has 11 rings (SSSR count). The van der Waals surface area contributed by atoms with Crippen molar-refractivity contribution in [3.05, 3.63) is 216 Å². The lowest BCUT2D eigenvalue weighted by Crippen LogP contribution is -2.31. The first kappa shape index (κ1) is 34.4. The first-order valence-electron chi connectivity index (χ1n) is 20.4. The van der Waals surface area contributed by atoms with Crippen molar-refractivity contribution in [2.45, 2.75) is 38.5 Å². The standard InChI is InChI=1S/C56H44N2/c1-55(2)48-23-13-12-22-46(48)47-32-29-42(35-50(47)55)57(41-19-6-5-7-20-41)43-30-33-53-51(36-43)56(3,4)49-24-14-15-25-52(49)58(53)54-44-21-11-10-17-38(44)28-31-45(54)40-27-26-37-16-8-9-18-39(37)34-40/h5-36H,1-4H3. The summed E-state index contributed by atoms with van der Waals surface area (Å²) < 4.78 is 0. The third kappa shape index (κ3) is 5.11. The molecule has 0 saturated carbocycles.